The van der Waals surface area contributed by atoms with Crippen LogP contribution in [0.2, 0.25) is 0 Å². The Balaban J connectivity index is 1.61. The number of benzene rings is 1. The molecule has 1 aromatic rings. The van der Waals surface area contributed by atoms with Gasteiger partial charge < -0.3 is 15.5 Å². The predicted octanol–water partition coefficient (Wildman–Crippen LogP) is 4.77. The molecule has 0 aromatic heterocycles. The fraction of sp³-hybridized carbons (Fsp3) is 0.600. The zero-order valence-corrected chi connectivity index (χ0v) is 18.2. The van der Waals surface area contributed by atoms with Crippen molar-refractivity contribution in [3.8, 4) is 0 Å². The number of hydrogen-bond acceptors (Lipinski definition) is 3. The van der Waals surface area contributed by atoms with Crippen LogP contribution in [0.25, 0.3) is 0 Å². The number of unbranched alkanes of at least 4 members (excludes halogenated alkanes) is 1. The second kappa shape index (κ2) is 12.1. The van der Waals surface area contributed by atoms with Gasteiger partial charge in [-0.05, 0) is 76.1 Å². The lowest BCUT2D eigenvalue weighted by atomic mass is 9.73. The lowest BCUT2D eigenvalue weighted by Gasteiger charge is -2.41. The standard InChI is InChI=1S/C25H41N3/c1-22(10-8-9-11-23(2)27-18-17-26-4)25(3)15-20-28(21-16-25)19-14-24-12-6-5-7-13-24/h5-7,12-13,26-27H,1-2,8-11,14-21H2,3-4H3. The van der Waals surface area contributed by atoms with Crippen LogP contribution in [-0.4, -0.2) is 44.7 Å². The molecule has 1 aliphatic rings. The summed E-state index contributed by atoms with van der Waals surface area (Å²) in [7, 11) is 1.98. The number of nitrogens with zero attached hydrogens (tertiary/aromatic N) is 1. The normalized spacial score (nSPS) is 16.6. The Morgan fingerprint density at radius 3 is 2.39 bits per heavy atom. The maximum absolute atomic E-state index is 4.48. The molecule has 0 radical (unpaired) electrons. The van der Waals surface area contributed by atoms with Crippen LogP contribution < -0.4 is 10.6 Å². The summed E-state index contributed by atoms with van der Waals surface area (Å²) < 4.78 is 0. The Labute approximate surface area is 173 Å². The Kier molecular flexibility index (Phi) is 9.80. The van der Waals surface area contributed by atoms with Gasteiger partial charge in [-0.1, -0.05) is 56.0 Å². The largest absolute Gasteiger partial charge is 0.388 e. The first kappa shape index (κ1) is 22.7. The second-order valence-electron chi connectivity index (χ2n) is 8.58. The molecular formula is C25H41N3. The molecule has 3 heteroatoms. The van der Waals surface area contributed by atoms with E-state index in [1.54, 1.807) is 0 Å². The topological polar surface area (TPSA) is 27.3 Å². The van der Waals surface area contributed by atoms with Crippen LogP contribution in [0.1, 0.15) is 51.0 Å². The summed E-state index contributed by atoms with van der Waals surface area (Å²) >= 11 is 0. The maximum Gasteiger partial charge on any atom is 0.0268 e. The van der Waals surface area contributed by atoms with Crippen molar-refractivity contribution >= 4 is 0 Å². The van der Waals surface area contributed by atoms with Gasteiger partial charge in [0.1, 0.15) is 0 Å². The van der Waals surface area contributed by atoms with Gasteiger partial charge >= 0.3 is 0 Å². The van der Waals surface area contributed by atoms with Crippen LogP contribution in [0.15, 0.2) is 54.8 Å². The number of nitrogens with one attached hydrogen (secondary N) is 2. The molecule has 0 bridgehead atoms. The SMILES string of the molecule is C=C(CCCCC(=C)C1(C)CCN(CCc2ccccc2)CC1)NCCNC. The highest BCUT2D eigenvalue weighted by Crippen LogP contribution is 2.39. The Hall–Kier alpha value is -1.58. The summed E-state index contributed by atoms with van der Waals surface area (Å²) in [6.07, 6.45) is 8.30. The van der Waals surface area contributed by atoms with Gasteiger partial charge in [0.25, 0.3) is 0 Å². The molecule has 0 spiro atoms. The average Bonchev–Trinajstić information content (AvgIpc) is 2.71. The first-order chi connectivity index (χ1) is 13.5. The van der Waals surface area contributed by atoms with E-state index in [1.807, 2.05) is 7.05 Å². The van der Waals surface area contributed by atoms with E-state index in [2.05, 4.69) is 65.9 Å². The Bertz CT molecular complexity index is 585. The zero-order valence-electron chi connectivity index (χ0n) is 18.2. The van der Waals surface area contributed by atoms with Crippen molar-refractivity contribution in [3.63, 3.8) is 0 Å². The molecule has 1 saturated heterocycles. The van der Waals surface area contributed by atoms with Gasteiger partial charge in [0.15, 0.2) is 0 Å². The van der Waals surface area contributed by atoms with Crippen LogP contribution >= 0.6 is 0 Å². The third-order valence-electron chi connectivity index (χ3n) is 6.33. The first-order valence-electron chi connectivity index (χ1n) is 11.0. The van der Waals surface area contributed by atoms with E-state index < -0.39 is 0 Å². The molecule has 156 valence electrons. The van der Waals surface area contributed by atoms with Crippen LogP contribution in [0.4, 0.5) is 0 Å². The highest BCUT2D eigenvalue weighted by molar-refractivity contribution is 5.15. The minimum atomic E-state index is 0.325. The molecule has 0 aliphatic carbocycles. The molecule has 28 heavy (non-hydrogen) atoms. The van der Waals surface area contributed by atoms with E-state index in [0.717, 1.165) is 32.4 Å². The minimum absolute atomic E-state index is 0.325. The maximum atomic E-state index is 4.48. The number of allylic oxidation sites excluding steroid dienone is 2. The minimum Gasteiger partial charge on any atom is -0.388 e. The number of likely N-dealkylation sites (tertiary alicyclic amines) is 1. The lowest BCUT2D eigenvalue weighted by molar-refractivity contribution is 0.143. The van der Waals surface area contributed by atoms with Crippen molar-refractivity contribution in [1.29, 1.82) is 0 Å². The van der Waals surface area contributed by atoms with E-state index in [-0.39, 0.29) is 0 Å². The van der Waals surface area contributed by atoms with E-state index in [9.17, 15) is 0 Å². The summed E-state index contributed by atoms with van der Waals surface area (Å²) in [4.78, 5) is 2.63. The van der Waals surface area contributed by atoms with Crippen LogP contribution in [-0.2, 0) is 6.42 Å². The fourth-order valence-corrected chi connectivity index (χ4v) is 3.99. The Morgan fingerprint density at radius 2 is 1.71 bits per heavy atom. The van der Waals surface area contributed by atoms with Gasteiger partial charge in [-0.3, -0.25) is 0 Å². The fourth-order valence-electron chi connectivity index (χ4n) is 3.99. The molecular weight excluding hydrogens is 342 g/mol. The van der Waals surface area contributed by atoms with Gasteiger partial charge in [-0.15, -0.1) is 0 Å². The third kappa shape index (κ3) is 7.81. The van der Waals surface area contributed by atoms with Crippen molar-refractivity contribution in [1.82, 2.24) is 15.5 Å². The molecule has 2 N–H and O–H groups in total. The lowest BCUT2D eigenvalue weighted by Crippen LogP contribution is -2.40. The number of piperidine rings is 1. The van der Waals surface area contributed by atoms with Gasteiger partial charge in [0, 0.05) is 25.3 Å². The highest BCUT2D eigenvalue weighted by Gasteiger charge is 2.31. The van der Waals surface area contributed by atoms with Gasteiger partial charge in [-0.2, -0.15) is 0 Å². The molecule has 0 atom stereocenters. The second-order valence-corrected chi connectivity index (χ2v) is 8.58. The number of hydrogen-bond donors (Lipinski definition) is 2. The Morgan fingerprint density at radius 1 is 1.04 bits per heavy atom. The summed E-state index contributed by atoms with van der Waals surface area (Å²) in [5, 5.41) is 6.53. The van der Waals surface area contributed by atoms with Crippen molar-refractivity contribution in [3.05, 3.63) is 60.3 Å². The number of rotatable bonds is 13. The van der Waals surface area contributed by atoms with Crippen molar-refractivity contribution in [2.45, 2.75) is 51.9 Å². The molecule has 1 fully saturated rings. The molecule has 1 aromatic carbocycles. The van der Waals surface area contributed by atoms with Crippen LogP contribution in [0.5, 0.6) is 0 Å². The molecule has 1 heterocycles. The third-order valence-corrected chi connectivity index (χ3v) is 6.33. The molecule has 3 nitrogen and oxygen atoms in total. The molecule has 1 aliphatic heterocycles. The summed E-state index contributed by atoms with van der Waals surface area (Å²) in [6.45, 7) is 16.6. The van der Waals surface area contributed by atoms with Gasteiger partial charge in [0.2, 0.25) is 0 Å². The monoisotopic (exact) mass is 383 g/mol. The molecule has 0 saturated carbocycles. The van der Waals surface area contributed by atoms with Crippen molar-refractivity contribution < 1.29 is 0 Å². The van der Waals surface area contributed by atoms with Crippen LogP contribution in [0, 0.1) is 5.41 Å². The number of likely N-dealkylation sites (N-methyl/N-ethyl adjacent to an activating group) is 1. The first-order valence-corrected chi connectivity index (χ1v) is 11.0. The van der Waals surface area contributed by atoms with E-state index in [1.165, 1.54) is 62.2 Å². The van der Waals surface area contributed by atoms with E-state index in [0.29, 0.717) is 5.41 Å². The smallest absolute Gasteiger partial charge is 0.0268 e. The van der Waals surface area contributed by atoms with Gasteiger partial charge in [-0.25, -0.2) is 0 Å². The van der Waals surface area contributed by atoms with E-state index in [4.69, 9.17) is 0 Å². The zero-order chi connectivity index (χ0) is 20.2. The molecule has 0 amide bonds. The van der Waals surface area contributed by atoms with E-state index >= 15 is 0 Å². The summed E-state index contributed by atoms with van der Waals surface area (Å²) in [5.74, 6) is 0. The molecule has 2 rings (SSSR count). The van der Waals surface area contributed by atoms with Crippen LogP contribution in [0.3, 0.4) is 0 Å². The quantitative estimate of drug-likeness (QED) is 0.379. The average molecular weight is 384 g/mol. The predicted molar refractivity (Wildman–Crippen MR) is 123 cm³/mol. The van der Waals surface area contributed by atoms with Gasteiger partial charge in [0.05, 0.1) is 0 Å². The highest BCUT2D eigenvalue weighted by atomic mass is 15.1. The molecule has 0 unspecified atom stereocenters. The van der Waals surface area contributed by atoms with Crippen molar-refractivity contribution in [2.24, 2.45) is 5.41 Å². The van der Waals surface area contributed by atoms with Crippen molar-refractivity contribution in [2.75, 3.05) is 39.8 Å². The summed E-state index contributed by atoms with van der Waals surface area (Å²) in [6, 6.07) is 10.8. The summed E-state index contributed by atoms with van der Waals surface area (Å²) in [5.41, 5.74) is 4.40.